The van der Waals surface area contributed by atoms with Crippen LogP contribution in [0.15, 0.2) is 67.1 Å². The molecule has 3 amide bonds. The van der Waals surface area contributed by atoms with Crippen molar-refractivity contribution in [1.82, 2.24) is 19.8 Å². The highest BCUT2D eigenvalue weighted by molar-refractivity contribution is 5.98. The maximum Gasteiger partial charge on any atom is 0.250 e. The number of aromatic nitrogens is 2. The van der Waals surface area contributed by atoms with Crippen molar-refractivity contribution in [3.8, 4) is 0 Å². The molecule has 0 bridgehead atoms. The van der Waals surface area contributed by atoms with Crippen LogP contribution in [0.5, 0.6) is 0 Å². The van der Waals surface area contributed by atoms with Gasteiger partial charge in [-0.2, -0.15) is 0 Å². The largest absolute Gasteiger partial charge is 0.374 e. The van der Waals surface area contributed by atoms with Gasteiger partial charge in [-0.3, -0.25) is 14.4 Å². The number of hydrogen-bond donors (Lipinski definition) is 3. The first-order chi connectivity index (χ1) is 19.1. The molecule has 0 saturated carbocycles. The molecule has 3 aromatic rings. The van der Waals surface area contributed by atoms with Gasteiger partial charge in [0.25, 0.3) is 5.91 Å². The number of carbonyl (C=O) groups excluding carboxylic acids is 3. The Morgan fingerprint density at radius 3 is 2.50 bits per heavy atom. The van der Waals surface area contributed by atoms with Crippen molar-refractivity contribution in [3.63, 3.8) is 0 Å². The number of imidazole rings is 1. The standard InChI is InChI=1S/C29H35FN6O4/c1-29(2,31)28(39)33-23(18-40-17-20-9-4-3-5-10-20)26(37)34-24-16-36(19-32-24)25(21-11-8-12-22(30)15-21)27(38)35-13-6-7-14-35/h3-5,8-12,15-16,19,23,25H,6-7,13-14,17-18,31H2,1-2H3,(H,33,39)(H,34,37). The Kier molecular flexibility index (Phi) is 9.28. The van der Waals surface area contributed by atoms with Crippen LogP contribution in [0.25, 0.3) is 0 Å². The fourth-order valence-corrected chi connectivity index (χ4v) is 4.38. The summed E-state index contributed by atoms with van der Waals surface area (Å²) in [6.45, 7) is 4.47. The summed E-state index contributed by atoms with van der Waals surface area (Å²) in [4.78, 5) is 45.3. The topological polar surface area (TPSA) is 132 Å². The highest BCUT2D eigenvalue weighted by Crippen LogP contribution is 2.25. The third kappa shape index (κ3) is 7.51. The van der Waals surface area contributed by atoms with E-state index in [2.05, 4.69) is 15.6 Å². The van der Waals surface area contributed by atoms with Crippen LogP contribution in [-0.2, 0) is 25.7 Å². The van der Waals surface area contributed by atoms with Gasteiger partial charge in [-0.05, 0) is 49.9 Å². The summed E-state index contributed by atoms with van der Waals surface area (Å²) in [5.74, 6) is -1.56. The first kappa shape index (κ1) is 28.9. The summed E-state index contributed by atoms with van der Waals surface area (Å²) < 4.78 is 21.4. The Hall–Kier alpha value is -4.09. The molecule has 1 aromatic heterocycles. The number of halogens is 1. The van der Waals surface area contributed by atoms with Gasteiger partial charge >= 0.3 is 0 Å². The van der Waals surface area contributed by atoms with E-state index in [-0.39, 0.29) is 24.9 Å². The van der Waals surface area contributed by atoms with Crippen LogP contribution in [0.1, 0.15) is 43.9 Å². The van der Waals surface area contributed by atoms with Gasteiger partial charge in [-0.1, -0.05) is 42.5 Å². The number of likely N-dealkylation sites (tertiary alicyclic amines) is 1. The van der Waals surface area contributed by atoms with Crippen LogP contribution in [0.2, 0.25) is 0 Å². The normalized spacial score (nSPS) is 14.9. The lowest BCUT2D eigenvalue weighted by Gasteiger charge is -2.24. The molecule has 0 spiro atoms. The van der Waals surface area contributed by atoms with Gasteiger partial charge in [0.05, 0.1) is 25.1 Å². The minimum Gasteiger partial charge on any atom is -0.374 e. The Bertz CT molecular complexity index is 1320. The number of nitrogens with two attached hydrogens (primary N) is 1. The molecular formula is C29H35FN6O4. The predicted octanol–water partition coefficient (Wildman–Crippen LogP) is 2.61. The van der Waals surface area contributed by atoms with E-state index in [4.69, 9.17) is 10.5 Å². The molecule has 1 saturated heterocycles. The summed E-state index contributed by atoms with van der Waals surface area (Å²) in [5, 5.41) is 5.33. The fraction of sp³-hybridized carbons (Fsp3) is 0.379. The molecule has 0 radical (unpaired) electrons. The monoisotopic (exact) mass is 550 g/mol. The van der Waals surface area contributed by atoms with Gasteiger partial charge in [-0.25, -0.2) is 9.37 Å². The van der Waals surface area contributed by atoms with Gasteiger partial charge < -0.3 is 30.6 Å². The Morgan fingerprint density at radius 2 is 1.82 bits per heavy atom. The Morgan fingerprint density at radius 1 is 1.10 bits per heavy atom. The van der Waals surface area contributed by atoms with E-state index < -0.39 is 35.3 Å². The summed E-state index contributed by atoms with van der Waals surface area (Å²) in [6.07, 6.45) is 4.75. The van der Waals surface area contributed by atoms with Crippen LogP contribution >= 0.6 is 0 Å². The first-order valence-corrected chi connectivity index (χ1v) is 13.2. The van der Waals surface area contributed by atoms with Gasteiger partial charge in [0, 0.05) is 19.3 Å². The van der Waals surface area contributed by atoms with Crippen LogP contribution in [0, 0.1) is 5.82 Å². The van der Waals surface area contributed by atoms with Crippen LogP contribution in [0.3, 0.4) is 0 Å². The van der Waals surface area contributed by atoms with E-state index in [1.54, 1.807) is 21.6 Å². The zero-order chi connectivity index (χ0) is 28.7. The van der Waals surface area contributed by atoms with Crippen molar-refractivity contribution in [2.24, 2.45) is 5.73 Å². The number of rotatable bonds is 11. The lowest BCUT2D eigenvalue weighted by molar-refractivity contribution is -0.132. The minimum atomic E-state index is -1.21. The number of carbonyl (C=O) groups is 3. The van der Waals surface area contributed by atoms with E-state index in [0.29, 0.717) is 18.7 Å². The number of hydrogen-bond acceptors (Lipinski definition) is 6. The van der Waals surface area contributed by atoms with Crippen molar-refractivity contribution in [3.05, 3.63) is 84.1 Å². The smallest absolute Gasteiger partial charge is 0.250 e. The Balaban J connectivity index is 1.50. The molecule has 212 valence electrons. The zero-order valence-electron chi connectivity index (χ0n) is 22.7. The lowest BCUT2D eigenvalue weighted by atomic mass is 10.1. The predicted molar refractivity (Wildman–Crippen MR) is 148 cm³/mol. The molecule has 4 N–H and O–H groups in total. The highest BCUT2D eigenvalue weighted by atomic mass is 19.1. The van der Waals surface area contributed by atoms with Crippen LogP contribution in [-0.4, -0.2) is 63.4 Å². The molecule has 0 aliphatic carbocycles. The zero-order valence-corrected chi connectivity index (χ0v) is 22.7. The minimum absolute atomic E-state index is 0.109. The van der Waals surface area contributed by atoms with Crippen molar-refractivity contribution in [2.75, 3.05) is 25.0 Å². The summed E-state index contributed by atoms with van der Waals surface area (Å²) >= 11 is 0. The second kappa shape index (κ2) is 12.8. The average Bonchev–Trinajstić information content (AvgIpc) is 3.61. The highest BCUT2D eigenvalue weighted by Gasteiger charge is 2.31. The summed E-state index contributed by atoms with van der Waals surface area (Å²) in [5.41, 5.74) is 6.09. The molecule has 40 heavy (non-hydrogen) atoms. The molecule has 1 fully saturated rings. The van der Waals surface area contributed by atoms with Crippen molar-refractivity contribution >= 4 is 23.5 Å². The molecular weight excluding hydrogens is 515 g/mol. The number of amides is 3. The molecule has 1 aliphatic rings. The molecule has 10 nitrogen and oxygen atoms in total. The van der Waals surface area contributed by atoms with Gasteiger partial charge in [0.1, 0.15) is 17.9 Å². The van der Waals surface area contributed by atoms with Gasteiger partial charge in [0.2, 0.25) is 11.8 Å². The summed E-state index contributed by atoms with van der Waals surface area (Å²) in [6, 6.07) is 13.4. The molecule has 2 aromatic carbocycles. The third-order valence-corrected chi connectivity index (χ3v) is 6.57. The maximum absolute atomic E-state index is 14.1. The van der Waals surface area contributed by atoms with E-state index >= 15 is 0 Å². The van der Waals surface area contributed by atoms with Crippen molar-refractivity contribution in [2.45, 2.75) is 50.9 Å². The second-order valence-corrected chi connectivity index (χ2v) is 10.4. The molecule has 1 aliphatic heterocycles. The van der Waals surface area contributed by atoms with Crippen molar-refractivity contribution in [1.29, 1.82) is 0 Å². The Labute approximate surface area is 232 Å². The molecule has 2 heterocycles. The molecule has 4 rings (SSSR count). The van der Waals surface area contributed by atoms with Gasteiger partial charge in [-0.15, -0.1) is 0 Å². The quantitative estimate of drug-likeness (QED) is 0.336. The number of nitrogens with zero attached hydrogens (tertiary/aromatic N) is 3. The molecule has 2 atom stereocenters. The number of benzene rings is 2. The maximum atomic E-state index is 14.1. The van der Waals surface area contributed by atoms with Crippen LogP contribution < -0.4 is 16.4 Å². The first-order valence-electron chi connectivity index (χ1n) is 13.2. The van der Waals surface area contributed by atoms with E-state index in [0.717, 1.165) is 18.4 Å². The fourth-order valence-electron chi connectivity index (χ4n) is 4.38. The third-order valence-electron chi connectivity index (χ3n) is 6.57. The van der Waals surface area contributed by atoms with E-state index in [1.807, 2.05) is 30.3 Å². The lowest BCUT2D eigenvalue weighted by Crippen LogP contribution is -2.56. The SMILES string of the molecule is CC(C)(N)C(=O)NC(COCc1ccccc1)C(=O)Nc1cn(C(C(=O)N2CCCC2)c2cccc(F)c2)cn1. The number of anilines is 1. The van der Waals surface area contributed by atoms with Gasteiger partial charge in [0.15, 0.2) is 5.82 Å². The number of ether oxygens (including phenoxy) is 1. The van der Waals surface area contributed by atoms with Crippen LogP contribution in [0.4, 0.5) is 10.2 Å². The average molecular weight is 551 g/mol. The second-order valence-electron chi connectivity index (χ2n) is 10.4. The molecule has 11 heteroatoms. The number of nitrogens with one attached hydrogen (secondary N) is 2. The van der Waals surface area contributed by atoms with Crippen molar-refractivity contribution < 1.29 is 23.5 Å². The summed E-state index contributed by atoms with van der Waals surface area (Å²) in [7, 11) is 0. The molecule has 2 unspecified atom stereocenters. The van der Waals surface area contributed by atoms with E-state index in [1.165, 1.54) is 38.5 Å². The van der Waals surface area contributed by atoms with E-state index in [9.17, 15) is 18.8 Å².